The molecule has 396 valence electrons. The summed E-state index contributed by atoms with van der Waals surface area (Å²) in [5.41, 5.74) is 19.3. The Balaban J connectivity index is 1.84. The van der Waals surface area contributed by atoms with Gasteiger partial charge in [0.05, 0.1) is 12.6 Å². The number of rotatable bonds is 30. The summed E-state index contributed by atoms with van der Waals surface area (Å²) in [5, 5.41) is 38.4. The van der Waals surface area contributed by atoms with E-state index in [0.29, 0.717) is 11.1 Å². The normalized spacial score (nSPS) is 14.2. The Labute approximate surface area is 425 Å². The first kappa shape index (κ1) is 59.4. The van der Waals surface area contributed by atoms with Crippen LogP contribution in [0.2, 0.25) is 0 Å². The molecule has 23 heteroatoms. The Morgan fingerprint density at radius 3 is 1.74 bits per heavy atom. The third kappa shape index (κ3) is 20.5. The van der Waals surface area contributed by atoms with Crippen LogP contribution in [0.5, 0.6) is 5.75 Å². The minimum atomic E-state index is -1.34. The predicted octanol–water partition coefficient (Wildman–Crippen LogP) is 0.217. The van der Waals surface area contributed by atoms with Gasteiger partial charge in [0, 0.05) is 35.8 Å². The number of aliphatic carboxylic acids is 1. The monoisotopic (exact) mass is 1020 g/mol. The number of para-hydroxylation sites is 1. The summed E-state index contributed by atoms with van der Waals surface area (Å²) in [6, 6.07) is 4.98. The quantitative estimate of drug-likeness (QED) is 0.0184. The van der Waals surface area contributed by atoms with E-state index in [2.05, 4.69) is 59.8 Å². The van der Waals surface area contributed by atoms with Gasteiger partial charge in [0.15, 0.2) is 5.96 Å². The van der Waals surface area contributed by atoms with Crippen LogP contribution in [0.3, 0.4) is 0 Å². The minimum absolute atomic E-state index is 0.0445. The molecule has 1 aromatic heterocycles. The summed E-state index contributed by atoms with van der Waals surface area (Å²) in [4.78, 5) is 115. The van der Waals surface area contributed by atoms with Gasteiger partial charge in [0.2, 0.25) is 41.4 Å². The lowest BCUT2D eigenvalue weighted by Crippen LogP contribution is -2.60. The minimum Gasteiger partial charge on any atom is -0.508 e. The van der Waals surface area contributed by atoms with Gasteiger partial charge in [-0.15, -0.1) is 0 Å². The fraction of sp³-hybridized carbons (Fsp3) is 0.531. The Morgan fingerprint density at radius 1 is 0.639 bits per heavy atom. The number of aromatic amines is 1. The number of carbonyl (C=O) groups is 8. The van der Waals surface area contributed by atoms with Crippen LogP contribution in [0.1, 0.15) is 84.8 Å². The lowest BCUT2D eigenvalue weighted by Gasteiger charge is -2.27. The maximum absolute atomic E-state index is 14.3. The molecule has 0 bridgehead atoms. The molecule has 0 aliphatic heterocycles. The number of carboxylic acid groups (broad SMARTS) is 1. The first-order chi connectivity index (χ1) is 34.0. The number of carbonyl (C=O) groups excluding carboxylic acids is 7. The number of aliphatic imine (C=N–C) groups is 1. The Morgan fingerprint density at radius 2 is 1.15 bits per heavy atom. The van der Waals surface area contributed by atoms with Crippen molar-refractivity contribution >= 4 is 76.8 Å². The number of nitrogens with two attached hydrogens (primary N) is 3. The SMILES string of the molecule is CC(C)C[C@H](NC(=O)[C@H](CC(C)C)NC(=O)CNC(=O)[C@H](Cc1c[nH]c2ccccc12)NC(=O)[C@H](CCCN=C(N)N)NC(=O)[C@H](CS)NC(=O)[C@H](CC(C)C)NC(=O)[C@@H](N)Cc1ccc(O)cc1)C(=O)O. The molecule has 0 aliphatic carbocycles. The van der Waals surface area contributed by atoms with Crippen LogP contribution in [0, 0.1) is 17.8 Å². The molecule has 2 aromatic carbocycles. The van der Waals surface area contributed by atoms with Crippen molar-refractivity contribution in [1.29, 1.82) is 0 Å². The zero-order chi connectivity index (χ0) is 53.7. The molecular weight excluding hydrogens is 949 g/mol. The molecule has 0 unspecified atom stereocenters. The van der Waals surface area contributed by atoms with Crippen LogP contribution in [-0.4, -0.2) is 130 Å². The van der Waals surface area contributed by atoms with E-state index in [0.717, 1.165) is 10.9 Å². The van der Waals surface area contributed by atoms with Crippen LogP contribution >= 0.6 is 12.6 Å². The largest absolute Gasteiger partial charge is 0.508 e. The van der Waals surface area contributed by atoms with E-state index in [1.165, 1.54) is 12.1 Å². The van der Waals surface area contributed by atoms with Gasteiger partial charge in [-0.1, -0.05) is 71.9 Å². The summed E-state index contributed by atoms with van der Waals surface area (Å²) in [6.07, 6.45) is 2.35. The lowest BCUT2D eigenvalue weighted by atomic mass is 10.0. The summed E-state index contributed by atoms with van der Waals surface area (Å²) < 4.78 is 0. The average Bonchev–Trinajstić information content (AvgIpc) is 3.72. The van der Waals surface area contributed by atoms with Crippen molar-refractivity contribution in [1.82, 2.24) is 42.2 Å². The molecule has 22 nitrogen and oxygen atoms in total. The molecule has 16 N–H and O–H groups in total. The van der Waals surface area contributed by atoms with Gasteiger partial charge in [0.25, 0.3) is 0 Å². The maximum atomic E-state index is 14.3. The van der Waals surface area contributed by atoms with Gasteiger partial charge in [-0.05, 0) is 85.6 Å². The molecule has 0 aliphatic rings. The highest BCUT2D eigenvalue weighted by Gasteiger charge is 2.33. The molecule has 3 aromatic rings. The second-order valence-electron chi connectivity index (χ2n) is 19.0. The first-order valence-electron chi connectivity index (χ1n) is 24.0. The molecule has 3 rings (SSSR count). The van der Waals surface area contributed by atoms with Crippen molar-refractivity contribution in [3.8, 4) is 5.75 Å². The molecule has 0 spiro atoms. The predicted molar refractivity (Wildman–Crippen MR) is 276 cm³/mol. The second kappa shape index (κ2) is 29.5. The summed E-state index contributed by atoms with van der Waals surface area (Å²) in [7, 11) is 0. The zero-order valence-corrected chi connectivity index (χ0v) is 42.7. The number of phenols is 1. The standard InChI is InChI=1S/C49H74N12O10S/c1-26(2)18-36(45(67)60-39(48(70)71)20-28(5)6)56-41(63)24-55-43(65)38(22-30-23-54-34-11-8-7-10-32(30)34)59-44(66)35(12-9-17-53-49(51)52)57-47(69)40(25-72)61-46(68)37(19-27(3)4)58-42(64)33(50)21-29-13-15-31(62)16-14-29/h7-8,10-11,13-16,23,26-28,33,35-40,54,62,72H,9,12,17-22,24-25,50H2,1-6H3,(H,55,65)(H,56,63)(H,57,69)(H,58,64)(H,59,66)(H,60,67)(H,61,68)(H,70,71)(H4,51,52,53)/t33-,35-,36-,37-,38-,39-,40-/m0/s1. The van der Waals surface area contributed by atoms with E-state index in [1.807, 2.05) is 59.7 Å². The van der Waals surface area contributed by atoms with E-state index in [9.17, 15) is 48.6 Å². The molecule has 0 saturated heterocycles. The number of aromatic nitrogens is 1. The fourth-order valence-electron chi connectivity index (χ4n) is 7.68. The van der Waals surface area contributed by atoms with Crippen LogP contribution in [-0.2, 0) is 51.2 Å². The van der Waals surface area contributed by atoms with Crippen molar-refractivity contribution in [2.24, 2.45) is 39.9 Å². The number of hydrogen-bond donors (Lipinski definition) is 14. The van der Waals surface area contributed by atoms with Crippen molar-refractivity contribution in [2.45, 2.75) is 129 Å². The van der Waals surface area contributed by atoms with Gasteiger partial charge in [0.1, 0.15) is 42.0 Å². The van der Waals surface area contributed by atoms with Crippen molar-refractivity contribution in [2.75, 3.05) is 18.8 Å². The number of nitrogens with zero attached hydrogens (tertiary/aromatic N) is 1. The fourth-order valence-corrected chi connectivity index (χ4v) is 7.93. The number of nitrogens with one attached hydrogen (secondary N) is 8. The third-order valence-corrected chi connectivity index (χ3v) is 11.7. The van der Waals surface area contributed by atoms with Crippen LogP contribution in [0.4, 0.5) is 0 Å². The third-order valence-electron chi connectivity index (χ3n) is 11.3. The summed E-state index contributed by atoms with van der Waals surface area (Å²) in [6.45, 7) is 10.4. The number of guanidine groups is 1. The van der Waals surface area contributed by atoms with E-state index >= 15 is 0 Å². The molecule has 0 saturated carbocycles. The molecule has 72 heavy (non-hydrogen) atoms. The van der Waals surface area contributed by atoms with Gasteiger partial charge in [-0.25, -0.2) is 4.79 Å². The summed E-state index contributed by atoms with van der Waals surface area (Å²) in [5.74, 6) is -7.00. The molecule has 7 amide bonds. The van der Waals surface area contributed by atoms with Gasteiger partial charge in [-0.2, -0.15) is 12.6 Å². The van der Waals surface area contributed by atoms with E-state index in [-0.39, 0.29) is 86.7 Å². The number of phenolic OH excluding ortho intramolecular Hbond substituents is 1. The Kier molecular flexibility index (Phi) is 24.3. The zero-order valence-electron chi connectivity index (χ0n) is 41.8. The lowest BCUT2D eigenvalue weighted by molar-refractivity contribution is -0.142. The number of H-pyrrole nitrogens is 1. The number of carboxylic acids is 1. The Hall–Kier alpha value is -6.88. The number of benzene rings is 2. The summed E-state index contributed by atoms with van der Waals surface area (Å²) >= 11 is 4.32. The molecule has 0 fully saturated rings. The van der Waals surface area contributed by atoms with Crippen LogP contribution < -0.4 is 54.4 Å². The number of aromatic hydroxyl groups is 1. The van der Waals surface area contributed by atoms with Crippen LogP contribution in [0.25, 0.3) is 10.9 Å². The number of fused-ring (bicyclic) bond motifs is 1. The van der Waals surface area contributed by atoms with Gasteiger partial charge in [-0.3, -0.25) is 38.6 Å². The van der Waals surface area contributed by atoms with Crippen molar-refractivity contribution in [3.05, 3.63) is 65.9 Å². The number of amides is 7. The highest BCUT2D eigenvalue weighted by atomic mass is 32.1. The molecule has 7 atom stereocenters. The highest BCUT2D eigenvalue weighted by Crippen LogP contribution is 2.20. The van der Waals surface area contributed by atoms with E-state index in [1.54, 1.807) is 24.4 Å². The number of hydrogen-bond acceptors (Lipinski definition) is 12. The van der Waals surface area contributed by atoms with Crippen molar-refractivity contribution in [3.63, 3.8) is 0 Å². The van der Waals surface area contributed by atoms with Gasteiger partial charge < -0.3 is 69.6 Å². The highest BCUT2D eigenvalue weighted by molar-refractivity contribution is 7.80. The Bertz CT molecular complexity index is 2340. The maximum Gasteiger partial charge on any atom is 0.326 e. The van der Waals surface area contributed by atoms with Crippen molar-refractivity contribution < 1.29 is 48.6 Å². The topological polar surface area (TPSA) is 367 Å². The van der Waals surface area contributed by atoms with Gasteiger partial charge >= 0.3 is 5.97 Å². The molecule has 0 radical (unpaired) electrons. The first-order valence-corrected chi connectivity index (χ1v) is 24.7. The number of thiol groups is 1. The molecule has 1 heterocycles. The van der Waals surface area contributed by atoms with Crippen LogP contribution in [0.15, 0.2) is 59.7 Å². The molecular formula is C49H74N12O10S. The second-order valence-corrected chi connectivity index (χ2v) is 19.4. The van der Waals surface area contributed by atoms with E-state index < -0.39 is 96.2 Å². The average molecular weight is 1020 g/mol. The van der Waals surface area contributed by atoms with E-state index in [4.69, 9.17) is 17.2 Å². The smallest absolute Gasteiger partial charge is 0.326 e.